The number of aryl methyl sites for hydroxylation is 1. The molecule has 1 saturated heterocycles. The first-order valence-corrected chi connectivity index (χ1v) is 9.24. The topological polar surface area (TPSA) is 84.9 Å². The summed E-state index contributed by atoms with van der Waals surface area (Å²) in [7, 11) is 3.42. The van der Waals surface area contributed by atoms with Crippen LogP contribution in [0.3, 0.4) is 0 Å². The van der Waals surface area contributed by atoms with Crippen molar-refractivity contribution >= 4 is 23.3 Å². The molecule has 3 atom stereocenters. The molecule has 25 heavy (non-hydrogen) atoms. The van der Waals surface area contributed by atoms with Gasteiger partial charge in [0.1, 0.15) is 6.61 Å². The van der Waals surface area contributed by atoms with Gasteiger partial charge in [-0.15, -0.1) is 5.10 Å². The van der Waals surface area contributed by atoms with E-state index in [0.717, 1.165) is 17.7 Å². The van der Waals surface area contributed by atoms with Gasteiger partial charge in [0.15, 0.2) is 5.69 Å². The second kappa shape index (κ2) is 7.76. The van der Waals surface area contributed by atoms with Gasteiger partial charge in [0.25, 0.3) is 5.91 Å². The van der Waals surface area contributed by atoms with Crippen molar-refractivity contribution in [1.82, 2.24) is 19.4 Å². The minimum atomic E-state index is -0.0612. The first-order valence-electron chi connectivity index (χ1n) is 8.46. The van der Waals surface area contributed by atoms with Gasteiger partial charge in [0.05, 0.1) is 30.2 Å². The maximum atomic E-state index is 12.8. The van der Waals surface area contributed by atoms with Gasteiger partial charge in [-0.2, -0.15) is 0 Å². The zero-order valence-electron chi connectivity index (χ0n) is 14.8. The van der Waals surface area contributed by atoms with Crippen molar-refractivity contribution in [3.05, 3.63) is 10.6 Å². The molecule has 1 aliphatic carbocycles. The molecule has 1 aromatic rings. The quantitative estimate of drug-likeness (QED) is 0.755. The van der Waals surface area contributed by atoms with Crippen molar-refractivity contribution in [2.45, 2.75) is 31.9 Å². The molecular weight excluding hydrogens is 344 g/mol. The highest BCUT2D eigenvalue weighted by molar-refractivity contribution is 7.05. The fourth-order valence-corrected chi connectivity index (χ4v) is 3.91. The lowest BCUT2D eigenvalue weighted by Crippen LogP contribution is -2.51. The molecule has 3 rings (SSSR count). The number of morpholine rings is 1. The molecule has 0 radical (unpaired) electrons. The van der Waals surface area contributed by atoms with E-state index in [1.807, 2.05) is 11.8 Å². The maximum Gasteiger partial charge on any atom is 0.276 e. The van der Waals surface area contributed by atoms with Gasteiger partial charge in [0, 0.05) is 20.6 Å². The van der Waals surface area contributed by atoms with Crippen molar-refractivity contribution < 1.29 is 19.1 Å². The summed E-state index contributed by atoms with van der Waals surface area (Å²) in [6.45, 7) is 3.57. The minimum Gasteiger partial charge on any atom is -0.374 e. The molecule has 0 bridgehead atoms. The van der Waals surface area contributed by atoms with Crippen molar-refractivity contribution in [3.63, 3.8) is 0 Å². The lowest BCUT2D eigenvalue weighted by molar-refractivity contribution is -0.134. The van der Waals surface area contributed by atoms with Crippen LogP contribution in [-0.2, 0) is 14.3 Å². The fourth-order valence-electron chi connectivity index (χ4n) is 3.45. The van der Waals surface area contributed by atoms with Gasteiger partial charge < -0.3 is 19.3 Å². The summed E-state index contributed by atoms with van der Waals surface area (Å²) < 4.78 is 15.3. The summed E-state index contributed by atoms with van der Waals surface area (Å²) in [5, 5.41) is 3.98. The third-order valence-corrected chi connectivity index (χ3v) is 5.46. The summed E-state index contributed by atoms with van der Waals surface area (Å²) >= 11 is 1.24. The number of fused-ring (bicyclic) bond motifs is 1. The molecule has 1 aromatic heterocycles. The van der Waals surface area contributed by atoms with E-state index in [1.165, 1.54) is 16.4 Å². The Balaban J connectivity index is 1.58. The van der Waals surface area contributed by atoms with Crippen LogP contribution in [0.25, 0.3) is 0 Å². The summed E-state index contributed by atoms with van der Waals surface area (Å²) in [5.74, 6) is 0.178. The van der Waals surface area contributed by atoms with E-state index in [9.17, 15) is 9.59 Å². The zero-order valence-corrected chi connectivity index (χ0v) is 15.6. The highest BCUT2D eigenvalue weighted by Gasteiger charge is 2.43. The number of ether oxygens (including phenoxy) is 2. The Morgan fingerprint density at radius 1 is 1.40 bits per heavy atom. The Morgan fingerprint density at radius 2 is 2.20 bits per heavy atom. The summed E-state index contributed by atoms with van der Waals surface area (Å²) in [6.07, 6.45) is 1.70. The van der Waals surface area contributed by atoms with Gasteiger partial charge in [-0.3, -0.25) is 9.59 Å². The van der Waals surface area contributed by atoms with Gasteiger partial charge in [-0.1, -0.05) is 4.49 Å². The largest absolute Gasteiger partial charge is 0.374 e. The Hall–Kier alpha value is -1.58. The van der Waals surface area contributed by atoms with Crippen LogP contribution < -0.4 is 0 Å². The molecule has 0 N–H and O–H groups in total. The summed E-state index contributed by atoms with van der Waals surface area (Å²) in [6, 6.07) is 0.0421. The van der Waals surface area contributed by atoms with E-state index in [-0.39, 0.29) is 36.5 Å². The molecule has 2 aliphatic rings. The summed E-state index contributed by atoms with van der Waals surface area (Å²) in [4.78, 5) is 28.6. The highest BCUT2D eigenvalue weighted by Crippen LogP contribution is 2.35. The number of carbonyl (C=O) groups is 2. The Kier molecular flexibility index (Phi) is 5.65. The smallest absolute Gasteiger partial charge is 0.276 e. The number of hydrogen-bond acceptors (Lipinski definition) is 7. The molecule has 1 saturated carbocycles. The molecule has 0 aromatic carbocycles. The second-order valence-corrected chi connectivity index (χ2v) is 7.75. The predicted molar refractivity (Wildman–Crippen MR) is 91.4 cm³/mol. The van der Waals surface area contributed by atoms with Crippen LogP contribution >= 0.6 is 11.5 Å². The normalized spacial score (nSPS) is 25.7. The third kappa shape index (κ3) is 3.99. The first kappa shape index (κ1) is 18.2. The molecule has 1 aliphatic heterocycles. The average Bonchev–Trinajstić information content (AvgIpc) is 3.19. The lowest BCUT2D eigenvalue weighted by atomic mass is 10.1. The number of nitrogens with zero attached hydrogens (tertiary/aromatic N) is 4. The van der Waals surface area contributed by atoms with Gasteiger partial charge >= 0.3 is 0 Å². The third-order valence-electron chi connectivity index (χ3n) is 4.83. The molecule has 3 unspecified atom stereocenters. The Morgan fingerprint density at radius 3 is 2.88 bits per heavy atom. The van der Waals surface area contributed by atoms with Crippen LogP contribution in [0.2, 0.25) is 0 Å². The average molecular weight is 368 g/mol. The van der Waals surface area contributed by atoms with Crippen molar-refractivity contribution in [2.75, 3.05) is 40.5 Å². The Labute approximate surface area is 151 Å². The second-order valence-electron chi connectivity index (χ2n) is 6.79. The fraction of sp³-hybridized carbons (Fsp3) is 0.750. The lowest BCUT2D eigenvalue weighted by Gasteiger charge is -2.37. The monoisotopic (exact) mass is 368 g/mol. The van der Waals surface area contributed by atoms with E-state index < -0.39 is 0 Å². The highest BCUT2D eigenvalue weighted by atomic mass is 32.1. The molecule has 8 nitrogen and oxygen atoms in total. The minimum absolute atomic E-state index is 0.0303. The Bertz CT molecular complexity index is 635. The molecule has 2 heterocycles. The van der Waals surface area contributed by atoms with Gasteiger partial charge in [-0.05, 0) is 37.2 Å². The number of likely N-dealkylation sites (N-methyl/N-ethyl adjacent to an activating group) is 1. The molecule has 2 fully saturated rings. The first-order chi connectivity index (χ1) is 12.0. The number of rotatable bonds is 5. The van der Waals surface area contributed by atoms with Crippen molar-refractivity contribution in [2.24, 2.45) is 5.92 Å². The number of aromatic nitrogens is 2. The SMILES string of the molecule is Cc1snnc1C(=O)N1CCOC2CC(COCC(=O)N(C)C)CC21. The standard InChI is InChI=1S/C16H24N4O4S/c1-10-15(17-18-25-10)16(22)20-4-5-24-13-7-11(6-12(13)20)8-23-9-14(21)19(2)3/h11-13H,4-9H2,1-3H3. The van der Waals surface area contributed by atoms with E-state index in [4.69, 9.17) is 9.47 Å². The molecular formula is C16H24N4O4S. The summed E-state index contributed by atoms with van der Waals surface area (Å²) in [5.41, 5.74) is 0.446. The zero-order chi connectivity index (χ0) is 18.0. The van der Waals surface area contributed by atoms with Crippen molar-refractivity contribution in [3.8, 4) is 0 Å². The molecule has 9 heteroatoms. The van der Waals surface area contributed by atoms with Crippen LogP contribution in [0.4, 0.5) is 0 Å². The molecule has 2 amide bonds. The van der Waals surface area contributed by atoms with Crippen LogP contribution in [0, 0.1) is 12.8 Å². The molecule has 138 valence electrons. The van der Waals surface area contributed by atoms with Crippen molar-refractivity contribution in [1.29, 1.82) is 0 Å². The van der Waals surface area contributed by atoms with Gasteiger partial charge in [-0.25, -0.2) is 0 Å². The van der Waals surface area contributed by atoms with Crippen LogP contribution in [-0.4, -0.2) is 83.8 Å². The van der Waals surface area contributed by atoms with Gasteiger partial charge in [0.2, 0.25) is 5.91 Å². The maximum absolute atomic E-state index is 12.8. The van der Waals surface area contributed by atoms with E-state index in [2.05, 4.69) is 9.59 Å². The number of carbonyl (C=O) groups excluding carboxylic acids is 2. The van der Waals surface area contributed by atoms with E-state index in [0.29, 0.717) is 25.5 Å². The van der Waals surface area contributed by atoms with E-state index in [1.54, 1.807) is 14.1 Å². The predicted octanol–water partition coefficient (Wildman–Crippen LogP) is 0.571. The van der Waals surface area contributed by atoms with Crippen LogP contribution in [0.1, 0.15) is 28.2 Å². The number of hydrogen-bond donors (Lipinski definition) is 0. The van der Waals surface area contributed by atoms with Crippen LogP contribution in [0.5, 0.6) is 0 Å². The number of amides is 2. The molecule has 0 spiro atoms. The van der Waals surface area contributed by atoms with E-state index >= 15 is 0 Å². The van der Waals surface area contributed by atoms with Crippen LogP contribution in [0.15, 0.2) is 0 Å².